The van der Waals surface area contributed by atoms with E-state index >= 15 is 0 Å². The normalized spacial score (nSPS) is 11.8. The predicted molar refractivity (Wildman–Crippen MR) is 72.8 cm³/mol. The van der Waals surface area contributed by atoms with Gasteiger partial charge in [0.25, 0.3) is 0 Å². The zero-order valence-corrected chi connectivity index (χ0v) is 11.0. The molecule has 0 fully saturated rings. The Labute approximate surface area is 121 Å². The third-order valence-electron chi connectivity index (χ3n) is 3.10. The van der Waals surface area contributed by atoms with Gasteiger partial charge in [-0.2, -0.15) is 5.26 Å². The number of carbonyl (C=O) groups excluding carboxylic acids is 1. The van der Waals surface area contributed by atoms with Crippen molar-refractivity contribution >= 4 is 5.97 Å². The monoisotopic (exact) mass is 281 g/mol. The second-order valence-corrected chi connectivity index (χ2v) is 4.41. The summed E-state index contributed by atoms with van der Waals surface area (Å²) in [5, 5.41) is 8.99. The van der Waals surface area contributed by atoms with Crippen LogP contribution in [0.15, 0.2) is 42.5 Å². The molecule has 0 amide bonds. The van der Waals surface area contributed by atoms with Gasteiger partial charge in [-0.05, 0) is 24.3 Å². The van der Waals surface area contributed by atoms with Crippen LogP contribution in [0.3, 0.4) is 0 Å². The van der Waals surface area contributed by atoms with Crippen LogP contribution in [0.5, 0.6) is 11.5 Å². The van der Waals surface area contributed by atoms with Crippen LogP contribution < -0.4 is 9.47 Å². The minimum atomic E-state index is -0.471. The Balaban J connectivity index is 1.71. The number of hydrogen-bond acceptors (Lipinski definition) is 5. The van der Waals surface area contributed by atoms with Crippen molar-refractivity contribution in [2.75, 3.05) is 6.79 Å². The zero-order chi connectivity index (χ0) is 14.7. The molecular weight excluding hydrogens is 270 g/mol. The lowest BCUT2D eigenvalue weighted by molar-refractivity contribution is 0.0472. The van der Waals surface area contributed by atoms with Crippen molar-refractivity contribution in [1.29, 1.82) is 5.26 Å². The highest BCUT2D eigenvalue weighted by atomic mass is 16.7. The van der Waals surface area contributed by atoms with Gasteiger partial charge < -0.3 is 14.2 Å². The van der Waals surface area contributed by atoms with E-state index in [0.29, 0.717) is 28.2 Å². The SMILES string of the molecule is N#Cc1ccccc1COC(=O)c1ccc2c(c1)OCO2. The third kappa shape index (κ3) is 2.65. The van der Waals surface area contributed by atoms with Gasteiger partial charge in [-0.25, -0.2) is 4.79 Å². The van der Waals surface area contributed by atoms with Crippen LogP contribution in [-0.4, -0.2) is 12.8 Å². The Morgan fingerprint density at radius 3 is 2.86 bits per heavy atom. The number of esters is 1. The van der Waals surface area contributed by atoms with Crippen molar-refractivity contribution in [1.82, 2.24) is 0 Å². The lowest BCUT2D eigenvalue weighted by atomic mass is 10.1. The van der Waals surface area contributed by atoms with Crippen LogP contribution in [0.1, 0.15) is 21.5 Å². The zero-order valence-electron chi connectivity index (χ0n) is 11.0. The van der Waals surface area contributed by atoms with Crippen LogP contribution in [0.4, 0.5) is 0 Å². The Morgan fingerprint density at radius 2 is 2.00 bits per heavy atom. The van der Waals surface area contributed by atoms with Gasteiger partial charge in [0.05, 0.1) is 17.2 Å². The van der Waals surface area contributed by atoms with E-state index in [1.54, 1.807) is 42.5 Å². The molecule has 0 aromatic heterocycles. The minimum absolute atomic E-state index is 0.0526. The van der Waals surface area contributed by atoms with Crippen molar-refractivity contribution in [3.63, 3.8) is 0 Å². The lowest BCUT2D eigenvalue weighted by Gasteiger charge is -2.07. The van der Waals surface area contributed by atoms with E-state index < -0.39 is 5.97 Å². The number of benzene rings is 2. The van der Waals surface area contributed by atoms with Crippen molar-refractivity contribution in [2.45, 2.75) is 6.61 Å². The van der Waals surface area contributed by atoms with E-state index in [1.807, 2.05) is 0 Å². The van der Waals surface area contributed by atoms with Gasteiger partial charge in [0.1, 0.15) is 6.61 Å². The molecule has 2 aromatic carbocycles. The van der Waals surface area contributed by atoms with Crippen molar-refractivity contribution < 1.29 is 19.0 Å². The van der Waals surface area contributed by atoms with Crippen LogP contribution in [0.2, 0.25) is 0 Å². The molecule has 0 N–H and O–H groups in total. The van der Waals surface area contributed by atoms with Crippen LogP contribution in [-0.2, 0) is 11.3 Å². The number of rotatable bonds is 3. The number of nitriles is 1. The summed E-state index contributed by atoms with van der Waals surface area (Å²) in [5.74, 6) is 0.671. The fraction of sp³-hybridized carbons (Fsp3) is 0.125. The summed E-state index contributed by atoms with van der Waals surface area (Å²) in [4.78, 5) is 12.0. The first-order valence-electron chi connectivity index (χ1n) is 6.33. The van der Waals surface area contributed by atoms with E-state index in [1.165, 1.54) is 0 Å². The molecule has 1 aliphatic heterocycles. The molecule has 0 saturated heterocycles. The van der Waals surface area contributed by atoms with Crippen LogP contribution >= 0.6 is 0 Å². The molecule has 3 rings (SSSR count). The second-order valence-electron chi connectivity index (χ2n) is 4.41. The Kier molecular flexibility index (Phi) is 3.44. The van der Waals surface area contributed by atoms with Gasteiger partial charge >= 0.3 is 5.97 Å². The quantitative estimate of drug-likeness (QED) is 0.809. The third-order valence-corrected chi connectivity index (χ3v) is 3.10. The van der Waals surface area contributed by atoms with Gasteiger partial charge in [-0.1, -0.05) is 18.2 Å². The summed E-state index contributed by atoms with van der Waals surface area (Å²) in [6, 6.07) is 13.9. The molecule has 0 aliphatic carbocycles. The van der Waals surface area contributed by atoms with Crippen molar-refractivity contribution in [3.8, 4) is 17.6 Å². The number of ether oxygens (including phenoxy) is 3. The number of carbonyl (C=O) groups is 1. The molecule has 0 spiro atoms. The molecule has 21 heavy (non-hydrogen) atoms. The molecule has 0 unspecified atom stereocenters. The lowest BCUT2D eigenvalue weighted by Crippen LogP contribution is -2.06. The topological polar surface area (TPSA) is 68.5 Å². The van der Waals surface area contributed by atoms with Crippen molar-refractivity contribution in [2.24, 2.45) is 0 Å². The highest BCUT2D eigenvalue weighted by Crippen LogP contribution is 2.32. The van der Waals surface area contributed by atoms with Gasteiger partial charge in [0.15, 0.2) is 11.5 Å². The Bertz CT molecular complexity index is 733. The average Bonchev–Trinajstić information content (AvgIpc) is 3.00. The van der Waals surface area contributed by atoms with Gasteiger partial charge in [-0.3, -0.25) is 0 Å². The molecule has 5 heteroatoms. The Hall–Kier alpha value is -3.00. The van der Waals surface area contributed by atoms with E-state index in [2.05, 4.69) is 6.07 Å². The second kappa shape index (κ2) is 5.55. The average molecular weight is 281 g/mol. The maximum atomic E-state index is 12.0. The smallest absolute Gasteiger partial charge is 0.338 e. The van der Waals surface area contributed by atoms with Crippen LogP contribution in [0, 0.1) is 11.3 Å². The van der Waals surface area contributed by atoms with E-state index in [4.69, 9.17) is 19.5 Å². The number of fused-ring (bicyclic) bond motifs is 1. The summed E-state index contributed by atoms with van der Waals surface area (Å²) in [6.45, 7) is 0.209. The summed E-state index contributed by atoms with van der Waals surface area (Å²) >= 11 is 0. The van der Waals surface area contributed by atoms with E-state index in [-0.39, 0.29) is 13.4 Å². The fourth-order valence-corrected chi connectivity index (χ4v) is 2.01. The van der Waals surface area contributed by atoms with Gasteiger partial charge in [0, 0.05) is 5.56 Å². The summed E-state index contributed by atoms with van der Waals surface area (Å²) in [7, 11) is 0. The largest absolute Gasteiger partial charge is 0.457 e. The molecule has 104 valence electrons. The first-order chi connectivity index (χ1) is 10.3. The molecule has 1 aliphatic rings. The summed E-state index contributed by atoms with van der Waals surface area (Å²) in [5.41, 5.74) is 1.55. The maximum absolute atomic E-state index is 12.0. The molecule has 5 nitrogen and oxygen atoms in total. The molecule has 1 heterocycles. The number of hydrogen-bond donors (Lipinski definition) is 0. The fourth-order valence-electron chi connectivity index (χ4n) is 2.01. The van der Waals surface area contributed by atoms with Gasteiger partial charge in [0.2, 0.25) is 6.79 Å². The predicted octanol–water partition coefficient (Wildman–Crippen LogP) is 2.64. The van der Waals surface area contributed by atoms with Gasteiger partial charge in [-0.15, -0.1) is 0 Å². The summed E-state index contributed by atoms with van der Waals surface area (Å²) in [6.07, 6.45) is 0. The maximum Gasteiger partial charge on any atom is 0.338 e. The van der Waals surface area contributed by atoms with Crippen molar-refractivity contribution in [3.05, 3.63) is 59.2 Å². The first kappa shape index (κ1) is 13.0. The van der Waals surface area contributed by atoms with E-state index in [0.717, 1.165) is 0 Å². The molecule has 0 atom stereocenters. The van der Waals surface area contributed by atoms with E-state index in [9.17, 15) is 4.79 Å². The first-order valence-corrected chi connectivity index (χ1v) is 6.33. The minimum Gasteiger partial charge on any atom is -0.457 e. The summed E-state index contributed by atoms with van der Waals surface area (Å²) < 4.78 is 15.6. The molecule has 0 bridgehead atoms. The van der Waals surface area contributed by atoms with Crippen LogP contribution in [0.25, 0.3) is 0 Å². The Morgan fingerprint density at radius 1 is 1.19 bits per heavy atom. The highest BCUT2D eigenvalue weighted by Gasteiger charge is 2.17. The molecule has 2 aromatic rings. The highest BCUT2D eigenvalue weighted by molar-refractivity contribution is 5.90. The number of nitrogens with zero attached hydrogens (tertiary/aromatic N) is 1. The molecule has 0 radical (unpaired) electrons. The molecular formula is C16H11NO4. The molecule has 0 saturated carbocycles. The standard InChI is InChI=1S/C16H11NO4/c17-8-12-3-1-2-4-13(12)9-19-16(18)11-5-6-14-15(7-11)21-10-20-14/h1-7H,9-10H2.